The molecular weight excluding hydrogens is 376 g/mol. The van der Waals surface area contributed by atoms with Crippen molar-refractivity contribution >= 4 is 6.09 Å². The zero-order valence-electron chi connectivity index (χ0n) is 20.7. The van der Waals surface area contributed by atoms with Crippen LogP contribution in [-0.2, 0) is 4.74 Å². The van der Waals surface area contributed by atoms with Crippen molar-refractivity contribution in [2.45, 2.75) is 136 Å². The summed E-state index contributed by atoms with van der Waals surface area (Å²) in [5.41, 5.74) is -0.419. The monoisotopic (exact) mass is 428 g/mol. The molecule has 0 radical (unpaired) electrons. The molecule has 3 N–H and O–H groups in total. The van der Waals surface area contributed by atoms with Gasteiger partial charge in [-0.15, -0.1) is 0 Å². The van der Waals surface area contributed by atoms with Gasteiger partial charge in [0.25, 0.3) is 0 Å². The van der Waals surface area contributed by atoms with Gasteiger partial charge in [0.15, 0.2) is 0 Å². The predicted octanol–water partition coefficient (Wildman–Crippen LogP) is 6.54. The molecule has 0 rings (SSSR count). The molecule has 5 heteroatoms. The number of ether oxygens (including phenoxy) is 1. The normalized spacial score (nSPS) is 13.8. The lowest BCUT2D eigenvalue weighted by molar-refractivity contribution is 0.0527. The third-order valence-electron chi connectivity index (χ3n) is 5.51. The first kappa shape index (κ1) is 29.2. The Labute approximate surface area is 187 Å². The van der Waals surface area contributed by atoms with Crippen molar-refractivity contribution in [3.05, 3.63) is 0 Å². The van der Waals surface area contributed by atoms with Crippen molar-refractivity contribution in [3.63, 3.8) is 0 Å². The summed E-state index contributed by atoms with van der Waals surface area (Å²) in [7, 11) is 0. The maximum Gasteiger partial charge on any atom is 0.407 e. The zero-order chi connectivity index (χ0) is 22.7. The van der Waals surface area contributed by atoms with Gasteiger partial charge in [0, 0.05) is 6.54 Å². The number of rotatable bonds is 19. The number of alkyl carbamates (subject to hydrolysis) is 1. The minimum absolute atomic E-state index is 0.304. The Morgan fingerprint density at radius 2 is 1.30 bits per heavy atom. The molecule has 0 bridgehead atoms. The summed E-state index contributed by atoms with van der Waals surface area (Å²) in [4.78, 5) is 11.5. The average Bonchev–Trinajstić information content (AvgIpc) is 2.65. The van der Waals surface area contributed by atoms with Crippen molar-refractivity contribution in [2.24, 2.45) is 5.92 Å². The van der Waals surface area contributed by atoms with Crippen molar-refractivity contribution in [1.82, 2.24) is 10.6 Å². The Kier molecular flexibility index (Phi) is 18.4. The molecule has 0 aromatic heterocycles. The lowest BCUT2D eigenvalue weighted by Gasteiger charge is -2.19. The first-order chi connectivity index (χ1) is 14.2. The summed E-state index contributed by atoms with van der Waals surface area (Å²) in [6, 6.07) is 0. The molecule has 0 heterocycles. The number of hydrogen-bond acceptors (Lipinski definition) is 4. The molecule has 2 unspecified atom stereocenters. The molecule has 0 aliphatic rings. The number of carbonyl (C=O) groups is 1. The summed E-state index contributed by atoms with van der Waals surface area (Å²) in [5, 5.41) is 15.1. The topological polar surface area (TPSA) is 70.6 Å². The molecule has 0 spiro atoms. The van der Waals surface area contributed by atoms with E-state index in [0.717, 1.165) is 18.9 Å². The maximum atomic E-state index is 11.5. The van der Waals surface area contributed by atoms with Gasteiger partial charge in [-0.05, 0) is 53.0 Å². The molecular formula is C25H52N2O3. The van der Waals surface area contributed by atoms with Gasteiger partial charge in [0.05, 0.1) is 0 Å². The Morgan fingerprint density at radius 3 is 1.77 bits per heavy atom. The van der Waals surface area contributed by atoms with Crippen LogP contribution in [0.3, 0.4) is 0 Å². The zero-order valence-corrected chi connectivity index (χ0v) is 20.7. The van der Waals surface area contributed by atoms with Crippen LogP contribution in [-0.4, -0.2) is 36.1 Å². The summed E-state index contributed by atoms with van der Waals surface area (Å²) in [5.74, 6) is 0.902. The van der Waals surface area contributed by atoms with Crippen molar-refractivity contribution in [1.29, 1.82) is 0 Å². The van der Waals surface area contributed by atoms with Crippen LogP contribution in [0.15, 0.2) is 0 Å². The second-order valence-corrected chi connectivity index (χ2v) is 9.80. The summed E-state index contributed by atoms with van der Waals surface area (Å²) in [6.45, 7) is 11.4. The van der Waals surface area contributed by atoms with E-state index < -0.39 is 5.60 Å². The summed E-state index contributed by atoms with van der Waals surface area (Å²) >= 11 is 0. The average molecular weight is 429 g/mol. The van der Waals surface area contributed by atoms with E-state index in [2.05, 4.69) is 17.6 Å². The minimum atomic E-state index is -0.419. The smallest absolute Gasteiger partial charge is 0.407 e. The SMILES string of the molecule is CCC(CCCCCCCCCNC(=O)OC(C)(C)C)CCCCCCNC(C)O. The van der Waals surface area contributed by atoms with E-state index in [4.69, 9.17) is 9.84 Å². The highest BCUT2D eigenvalue weighted by molar-refractivity contribution is 5.67. The third kappa shape index (κ3) is 21.9. The van der Waals surface area contributed by atoms with Gasteiger partial charge in [0.1, 0.15) is 11.8 Å². The van der Waals surface area contributed by atoms with E-state index >= 15 is 0 Å². The third-order valence-corrected chi connectivity index (χ3v) is 5.51. The van der Waals surface area contributed by atoms with Gasteiger partial charge >= 0.3 is 6.09 Å². The van der Waals surface area contributed by atoms with Gasteiger partial charge in [0.2, 0.25) is 0 Å². The molecule has 0 saturated carbocycles. The number of unbranched alkanes of at least 4 members (excludes halogenated alkanes) is 9. The Hall–Kier alpha value is -0.810. The van der Waals surface area contributed by atoms with Crippen LogP contribution in [0, 0.1) is 5.92 Å². The number of nitrogens with one attached hydrogen (secondary N) is 2. The van der Waals surface area contributed by atoms with Gasteiger partial charge in [-0.3, -0.25) is 5.32 Å². The van der Waals surface area contributed by atoms with Gasteiger partial charge in [-0.25, -0.2) is 4.79 Å². The maximum absolute atomic E-state index is 11.5. The molecule has 0 aliphatic carbocycles. The van der Waals surface area contributed by atoms with Crippen molar-refractivity contribution in [2.75, 3.05) is 13.1 Å². The standard InChI is InChI=1S/C25H52N2O3/c1-6-23(19-15-11-13-16-20-26-22(2)28)18-14-10-8-7-9-12-17-21-27-24(29)30-25(3,4)5/h22-23,26,28H,6-21H2,1-5H3,(H,27,29). The van der Waals surface area contributed by atoms with E-state index in [9.17, 15) is 4.79 Å². The van der Waals surface area contributed by atoms with Crippen LogP contribution in [0.2, 0.25) is 0 Å². The fraction of sp³-hybridized carbons (Fsp3) is 0.960. The highest BCUT2D eigenvalue weighted by atomic mass is 16.6. The number of aliphatic hydroxyl groups is 1. The van der Waals surface area contributed by atoms with Crippen LogP contribution >= 0.6 is 0 Å². The number of amides is 1. The molecule has 30 heavy (non-hydrogen) atoms. The second kappa shape index (κ2) is 18.9. The Morgan fingerprint density at radius 1 is 0.833 bits per heavy atom. The molecule has 1 amide bonds. The van der Waals surface area contributed by atoms with Crippen LogP contribution < -0.4 is 10.6 Å². The lowest BCUT2D eigenvalue weighted by atomic mass is 9.92. The molecule has 2 atom stereocenters. The second-order valence-electron chi connectivity index (χ2n) is 9.80. The number of aliphatic hydroxyl groups excluding tert-OH is 1. The van der Waals surface area contributed by atoms with Crippen molar-refractivity contribution < 1.29 is 14.6 Å². The van der Waals surface area contributed by atoms with E-state index in [1.807, 2.05) is 20.8 Å². The summed E-state index contributed by atoms with van der Waals surface area (Å²) in [6.07, 6.45) is 17.4. The Balaban J connectivity index is 3.41. The van der Waals surface area contributed by atoms with Gasteiger partial charge in [-0.1, -0.05) is 84.0 Å². The molecule has 0 aromatic rings. The molecule has 0 aromatic carbocycles. The molecule has 0 saturated heterocycles. The van der Waals surface area contributed by atoms with E-state index in [1.54, 1.807) is 6.92 Å². The van der Waals surface area contributed by atoms with Crippen LogP contribution in [0.1, 0.15) is 125 Å². The highest BCUT2D eigenvalue weighted by Crippen LogP contribution is 2.21. The van der Waals surface area contributed by atoms with Gasteiger partial charge in [-0.2, -0.15) is 0 Å². The minimum Gasteiger partial charge on any atom is -0.444 e. The van der Waals surface area contributed by atoms with Crippen molar-refractivity contribution in [3.8, 4) is 0 Å². The fourth-order valence-corrected chi connectivity index (χ4v) is 3.72. The predicted molar refractivity (Wildman–Crippen MR) is 128 cm³/mol. The quantitative estimate of drug-likeness (QED) is 0.161. The van der Waals surface area contributed by atoms with Crippen LogP contribution in [0.25, 0.3) is 0 Å². The molecule has 180 valence electrons. The number of hydrogen-bond donors (Lipinski definition) is 3. The van der Waals surface area contributed by atoms with Gasteiger partial charge < -0.3 is 15.2 Å². The first-order valence-corrected chi connectivity index (χ1v) is 12.6. The number of carbonyl (C=O) groups excluding carboxylic acids is 1. The molecule has 5 nitrogen and oxygen atoms in total. The first-order valence-electron chi connectivity index (χ1n) is 12.6. The summed E-state index contributed by atoms with van der Waals surface area (Å²) < 4.78 is 5.23. The van der Waals surface area contributed by atoms with Crippen LogP contribution in [0.5, 0.6) is 0 Å². The lowest BCUT2D eigenvalue weighted by Crippen LogP contribution is -2.32. The largest absolute Gasteiger partial charge is 0.444 e. The Bertz CT molecular complexity index is 394. The highest BCUT2D eigenvalue weighted by Gasteiger charge is 2.15. The van der Waals surface area contributed by atoms with E-state index in [-0.39, 0.29) is 12.3 Å². The van der Waals surface area contributed by atoms with E-state index in [0.29, 0.717) is 6.54 Å². The fourth-order valence-electron chi connectivity index (χ4n) is 3.72. The molecule has 0 aliphatic heterocycles. The van der Waals surface area contributed by atoms with E-state index in [1.165, 1.54) is 83.5 Å². The van der Waals surface area contributed by atoms with Crippen LogP contribution in [0.4, 0.5) is 4.79 Å². The molecule has 0 fully saturated rings.